The van der Waals surface area contributed by atoms with Gasteiger partial charge >= 0.3 is 5.97 Å². The molecule has 6 nitrogen and oxygen atoms in total. The number of hydrogen-bond acceptors (Lipinski definition) is 6. The molecule has 0 aliphatic carbocycles. The van der Waals surface area contributed by atoms with Crippen molar-refractivity contribution in [2.45, 2.75) is 6.92 Å². The summed E-state index contributed by atoms with van der Waals surface area (Å²) in [5.74, 6) is -0.473. The molecule has 0 saturated carbocycles. The number of anilines is 2. The summed E-state index contributed by atoms with van der Waals surface area (Å²) in [5.41, 5.74) is 0.456. The minimum Gasteiger partial charge on any atom is -0.462 e. The van der Waals surface area contributed by atoms with Gasteiger partial charge in [0.05, 0.1) is 11.5 Å². The van der Waals surface area contributed by atoms with E-state index < -0.39 is 10.9 Å². The number of thiophene rings is 1. The Labute approximate surface area is 152 Å². The normalized spacial score (nSPS) is 10.6. The van der Waals surface area contributed by atoms with Gasteiger partial charge in [-0.1, -0.05) is 29.8 Å². The third-order valence-corrected chi connectivity index (χ3v) is 4.80. The summed E-state index contributed by atoms with van der Waals surface area (Å²) >= 11 is 7.18. The predicted molar refractivity (Wildman–Crippen MR) is 99.2 cm³/mol. The number of fused-ring (bicyclic) bond motifs is 1. The van der Waals surface area contributed by atoms with Gasteiger partial charge in [-0.25, -0.2) is 4.79 Å². The number of rotatable bonds is 5. The Hall–Kier alpha value is -2.64. The van der Waals surface area contributed by atoms with Gasteiger partial charge in [-0.2, -0.15) is 0 Å². The zero-order valence-corrected chi connectivity index (χ0v) is 14.7. The minimum atomic E-state index is -0.522. The van der Waals surface area contributed by atoms with Crippen LogP contribution in [0.4, 0.5) is 16.4 Å². The van der Waals surface area contributed by atoms with Gasteiger partial charge in [-0.15, -0.1) is 11.3 Å². The van der Waals surface area contributed by atoms with E-state index in [0.29, 0.717) is 10.6 Å². The Kier molecular flexibility index (Phi) is 4.87. The van der Waals surface area contributed by atoms with E-state index in [0.717, 1.165) is 10.1 Å². The molecule has 3 aromatic rings. The smallest absolute Gasteiger partial charge is 0.341 e. The second-order valence-electron chi connectivity index (χ2n) is 5.07. The molecular weight excluding hydrogens is 364 g/mol. The molecule has 0 bridgehead atoms. The molecule has 3 rings (SSSR count). The van der Waals surface area contributed by atoms with Gasteiger partial charge in [0.15, 0.2) is 0 Å². The number of esters is 1. The maximum atomic E-state index is 12.4. The van der Waals surface area contributed by atoms with E-state index in [1.807, 2.05) is 24.3 Å². The predicted octanol–water partition coefficient (Wildman–Crippen LogP) is 5.38. The van der Waals surface area contributed by atoms with E-state index in [2.05, 4.69) is 5.32 Å². The van der Waals surface area contributed by atoms with Gasteiger partial charge in [-0.3, -0.25) is 10.1 Å². The Bertz CT molecular complexity index is 970. The topological polar surface area (TPSA) is 81.5 Å². The molecule has 1 heterocycles. The maximum Gasteiger partial charge on any atom is 0.341 e. The average molecular weight is 377 g/mol. The molecular formula is C17H13ClN2O4S. The van der Waals surface area contributed by atoms with Crippen LogP contribution in [0.25, 0.3) is 10.1 Å². The molecule has 0 unspecified atom stereocenters. The van der Waals surface area contributed by atoms with Crippen LogP contribution in [0.5, 0.6) is 0 Å². The quantitative estimate of drug-likeness (QED) is 0.367. The molecule has 2 aromatic carbocycles. The second-order valence-corrected chi connectivity index (χ2v) is 6.56. The van der Waals surface area contributed by atoms with Crippen molar-refractivity contribution in [3.63, 3.8) is 0 Å². The summed E-state index contributed by atoms with van der Waals surface area (Å²) in [6, 6.07) is 11.7. The fourth-order valence-electron chi connectivity index (χ4n) is 2.42. The number of nitro groups is 1. The number of carbonyl (C=O) groups excluding carboxylic acids is 1. The molecule has 0 aliphatic heterocycles. The molecule has 0 radical (unpaired) electrons. The van der Waals surface area contributed by atoms with Crippen LogP contribution in [0.1, 0.15) is 17.3 Å². The number of nitrogens with one attached hydrogen (secondary N) is 1. The van der Waals surface area contributed by atoms with Crippen molar-refractivity contribution >= 4 is 55.4 Å². The fraction of sp³-hybridized carbons (Fsp3) is 0.118. The van der Waals surface area contributed by atoms with Crippen molar-refractivity contribution in [2.75, 3.05) is 11.9 Å². The maximum absolute atomic E-state index is 12.4. The highest BCUT2D eigenvalue weighted by atomic mass is 35.5. The summed E-state index contributed by atoms with van der Waals surface area (Å²) in [5, 5.41) is 15.8. The molecule has 0 amide bonds. The summed E-state index contributed by atoms with van der Waals surface area (Å²) < 4.78 is 6.02. The highest BCUT2D eigenvalue weighted by Crippen LogP contribution is 2.40. The standard InChI is InChI=1S/C17H13ClN2O4S/c1-2-24-17(21)15-11-5-3-4-6-14(11)25-16(15)19-12-8-7-10(18)9-13(12)20(22)23/h3-9,19H,2H2,1H3. The zero-order valence-electron chi connectivity index (χ0n) is 13.1. The lowest BCUT2D eigenvalue weighted by molar-refractivity contribution is -0.383. The number of benzene rings is 2. The van der Waals surface area contributed by atoms with Crippen LogP contribution in [0, 0.1) is 10.1 Å². The van der Waals surface area contributed by atoms with E-state index in [9.17, 15) is 14.9 Å². The van der Waals surface area contributed by atoms with Crippen molar-refractivity contribution < 1.29 is 14.5 Å². The zero-order chi connectivity index (χ0) is 18.0. The Morgan fingerprint density at radius 2 is 2.08 bits per heavy atom. The number of ether oxygens (including phenoxy) is 1. The highest BCUT2D eigenvalue weighted by molar-refractivity contribution is 7.23. The SMILES string of the molecule is CCOC(=O)c1c(Nc2ccc(Cl)cc2[N+](=O)[O-])sc2ccccc12. The summed E-state index contributed by atoms with van der Waals surface area (Å²) in [6.07, 6.45) is 0. The van der Waals surface area contributed by atoms with E-state index in [4.69, 9.17) is 16.3 Å². The van der Waals surface area contributed by atoms with E-state index in [1.165, 1.54) is 23.5 Å². The van der Waals surface area contributed by atoms with Crippen LogP contribution in [0.2, 0.25) is 5.02 Å². The van der Waals surface area contributed by atoms with Gasteiger partial charge in [0.1, 0.15) is 16.3 Å². The van der Waals surface area contributed by atoms with Crippen molar-refractivity contribution in [3.05, 3.63) is 63.2 Å². The lowest BCUT2D eigenvalue weighted by Gasteiger charge is -2.08. The van der Waals surface area contributed by atoms with Crippen LogP contribution >= 0.6 is 22.9 Å². The van der Waals surface area contributed by atoms with Crippen LogP contribution in [-0.2, 0) is 4.74 Å². The van der Waals surface area contributed by atoms with Crippen LogP contribution < -0.4 is 5.32 Å². The van der Waals surface area contributed by atoms with Crippen molar-refractivity contribution in [2.24, 2.45) is 0 Å². The lowest BCUT2D eigenvalue weighted by Crippen LogP contribution is -2.06. The molecule has 0 aliphatic rings. The first-order chi connectivity index (χ1) is 12.0. The molecule has 1 aromatic heterocycles. The summed E-state index contributed by atoms with van der Waals surface area (Å²) in [6.45, 7) is 1.97. The van der Waals surface area contributed by atoms with Crippen molar-refractivity contribution in [1.29, 1.82) is 0 Å². The molecule has 1 N–H and O–H groups in total. The van der Waals surface area contributed by atoms with Gasteiger partial charge in [0.25, 0.3) is 5.69 Å². The number of halogens is 1. The Morgan fingerprint density at radius 1 is 1.32 bits per heavy atom. The van der Waals surface area contributed by atoms with Gasteiger partial charge in [0.2, 0.25) is 0 Å². The van der Waals surface area contributed by atoms with Gasteiger partial charge in [0, 0.05) is 21.2 Å². The largest absolute Gasteiger partial charge is 0.462 e. The molecule has 0 atom stereocenters. The Morgan fingerprint density at radius 3 is 2.80 bits per heavy atom. The van der Waals surface area contributed by atoms with Crippen LogP contribution in [-0.4, -0.2) is 17.5 Å². The van der Waals surface area contributed by atoms with Crippen LogP contribution in [0.15, 0.2) is 42.5 Å². The van der Waals surface area contributed by atoms with Gasteiger partial charge < -0.3 is 10.1 Å². The summed E-state index contributed by atoms with van der Waals surface area (Å²) in [4.78, 5) is 23.1. The summed E-state index contributed by atoms with van der Waals surface area (Å²) in [7, 11) is 0. The fourth-order valence-corrected chi connectivity index (χ4v) is 3.69. The van der Waals surface area contributed by atoms with E-state index in [1.54, 1.807) is 13.0 Å². The van der Waals surface area contributed by atoms with Crippen molar-refractivity contribution in [1.82, 2.24) is 0 Å². The molecule has 8 heteroatoms. The average Bonchev–Trinajstić information content (AvgIpc) is 2.94. The van der Waals surface area contributed by atoms with Crippen molar-refractivity contribution in [3.8, 4) is 0 Å². The lowest BCUT2D eigenvalue weighted by atomic mass is 10.1. The third-order valence-electron chi connectivity index (χ3n) is 3.48. The first-order valence-electron chi connectivity index (χ1n) is 7.41. The number of nitrogens with zero attached hydrogens (tertiary/aromatic N) is 1. The third kappa shape index (κ3) is 3.42. The van der Waals surface area contributed by atoms with Gasteiger partial charge in [-0.05, 0) is 25.1 Å². The number of carbonyl (C=O) groups is 1. The molecule has 0 saturated heterocycles. The van der Waals surface area contributed by atoms with Crippen LogP contribution in [0.3, 0.4) is 0 Å². The molecule has 25 heavy (non-hydrogen) atoms. The highest BCUT2D eigenvalue weighted by Gasteiger charge is 2.22. The monoisotopic (exact) mass is 376 g/mol. The van der Waals surface area contributed by atoms with E-state index >= 15 is 0 Å². The first-order valence-corrected chi connectivity index (χ1v) is 8.60. The molecule has 128 valence electrons. The molecule has 0 fully saturated rings. The Balaban J connectivity index is 2.12. The first kappa shape index (κ1) is 17.2. The number of hydrogen-bond donors (Lipinski definition) is 1. The number of nitro benzene ring substituents is 1. The molecule has 0 spiro atoms. The second kappa shape index (κ2) is 7.08. The van der Waals surface area contributed by atoms with E-state index in [-0.39, 0.29) is 23.0 Å². The minimum absolute atomic E-state index is 0.167.